The van der Waals surface area contributed by atoms with Gasteiger partial charge in [-0.25, -0.2) is 9.78 Å². The molecular formula is C12H20N2O2S. The fourth-order valence-corrected chi connectivity index (χ4v) is 2.68. The van der Waals surface area contributed by atoms with Gasteiger partial charge in [-0.3, -0.25) is 0 Å². The van der Waals surface area contributed by atoms with Crippen LogP contribution in [-0.4, -0.2) is 29.7 Å². The first-order valence-corrected chi connectivity index (χ1v) is 6.59. The van der Waals surface area contributed by atoms with Crippen LogP contribution in [0.15, 0.2) is 0 Å². The van der Waals surface area contributed by atoms with E-state index in [0.29, 0.717) is 16.5 Å². The molecule has 4 nitrogen and oxygen atoms in total. The first kappa shape index (κ1) is 14.0. The van der Waals surface area contributed by atoms with E-state index in [2.05, 4.69) is 18.8 Å². The fraction of sp³-hybridized carbons (Fsp3) is 0.667. The van der Waals surface area contributed by atoms with Gasteiger partial charge in [0.25, 0.3) is 0 Å². The standard InChI is InChI=1S/C12H20N2O2S/c1-7(2)6-14(5)12-13-9(8(3)4)10(17-12)11(15)16/h7-8H,6H2,1-5H3,(H,15,16). The van der Waals surface area contributed by atoms with E-state index in [4.69, 9.17) is 5.11 Å². The second-order valence-electron chi connectivity index (χ2n) is 4.95. The third-order valence-electron chi connectivity index (χ3n) is 2.35. The van der Waals surface area contributed by atoms with E-state index >= 15 is 0 Å². The second-order valence-corrected chi connectivity index (χ2v) is 5.92. The van der Waals surface area contributed by atoms with E-state index in [1.54, 1.807) is 0 Å². The van der Waals surface area contributed by atoms with Crippen molar-refractivity contribution < 1.29 is 9.90 Å². The number of thiazole rings is 1. The highest BCUT2D eigenvalue weighted by Crippen LogP contribution is 2.30. The van der Waals surface area contributed by atoms with Gasteiger partial charge < -0.3 is 10.0 Å². The van der Waals surface area contributed by atoms with E-state index in [-0.39, 0.29) is 5.92 Å². The topological polar surface area (TPSA) is 53.4 Å². The Bertz CT molecular complexity index is 399. The summed E-state index contributed by atoms with van der Waals surface area (Å²) in [6, 6.07) is 0. The molecule has 96 valence electrons. The van der Waals surface area contributed by atoms with E-state index in [9.17, 15) is 4.79 Å². The summed E-state index contributed by atoms with van der Waals surface area (Å²) in [6.45, 7) is 9.07. The maximum absolute atomic E-state index is 11.1. The molecule has 0 aromatic carbocycles. The molecule has 1 rings (SSSR count). The van der Waals surface area contributed by atoms with Crippen molar-refractivity contribution in [2.45, 2.75) is 33.6 Å². The number of carboxylic acids is 1. The highest BCUT2D eigenvalue weighted by molar-refractivity contribution is 7.17. The van der Waals surface area contributed by atoms with Crippen LogP contribution in [-0.2, 0) is 0 Å². The van der Waals surface area contributed by atoms with Crippen LogP contribution in [0.25, 0.3) is 0 Å². The molecule has 0 fully saturated rings. The van der Waals surface area contributed by atoms with Crippen molar-refractivity contribution in [1.82, 2.24) is 4.98 Å². The number of carbonyl (C=O) groups is 1. The first-order valence-electron chi connectivity index (χ1n) is 5.78. The van der Waals surface area contributed by atoms with E-state index in [0.717, 1.165) is 11.7 Å². The van der Waals surface area contributed by atoms with Crippen molar-refractivity contribution in [2.24, 2.45) is 5.92 Å². The Balaban J connectivity index is 3.03. The lowest BCUT2D eigenvalue weighted by Crippen LogP contribution is -2.22. The molecule has 0 spiro atoms. The number of hydrogen-bond donors (Lipinski definition) is 1. The van der Waals surface area contributed by atoms with Crippen molar-refractivity contribution in [3.05, 3.63) is 10.6 Å². The van der Waals surface area contributed by atoms with Crippen molar-refractivity contribution in [2.75, 3.05) is 18.5 Å². The van der Waals surface area contributed by atoms with Gasteiger partial charge in [0.2, 0.25) is 0 Å². The Kier molecular flexibility index (Phi) is 4.51. The lowest BCUT2D eigenvalue weighted by atomic mass is 10.1. The maximum Gasteiger partial charge on any atom is 0.347 e. The molecule has 0 aliphatic heterocycles. The largest absolute Gasteiger partial charge is 0.477 e. The molecule has 0 saturated heterocycles. The average Bonchev–Trinajstić information content (AvgIpc) is 2.60. The predicted octanol–water partition coefficient (Wildman–Crippen LogP) is 3.06. The predicted molar refractivity (Wildman–Crippen MR) is 71.3 cm³/mol. The van der Waals surface area contributed by atoms with Crippen LogP contribution in [0.1, 0.15) is 49.0 Å². The van der Waals surface area contributed by atoms with Crippen LogP contribution < -0.4 is 4.90 Å². The minimum Gasteiger partial charge on any atom is -0.477 e. The third kappa shape index (κ3) is 3.43. The van der Waals surface area contributed by atoms with Gasteiger partial charge in [-0.2, -0.15) is 0 Å². The van der Waals surface area contributed by atoms with Crippen molar-refractivity contribution in [3.63, 3.8) is 0 Å². The zero-order valence-corrected chi connectivity index (χ0v) is 11.8. The maximum atomic E-state index is 11.1. The van der Waals surface area contributed by atoms with Crippen LogP contribution in [0.4, 0.5) is 5.13 Å². The summed E-state index contributed by atoms with van der Waals surface area (Å²) in [4.78, 5) is 18.0. The zero-order valence-electron chi connectivity index (χ0n) is 11.0. The summed E-state index contributed by atoms with van der Waals surface area (Å²) < 4.78 is 0. The van der Waals surface area contributed by atoms with Gasteiger partial charge in [0.15, 0.2) is 5.13 Å². The molecule has 5 heteroatoms. The number of aromatic nitrogens is 1. The average molecular weight is 256 g/mol. The minimum absolute atomic E-state index is 0.138. The quantitative estimate of drug-likeness (QED) is 0.879. The van der Waals surface area contributed by atoms with E-state index in [1.807, 2.05) is 25.8 Å². The molecule has 0 unspecified atom stereocenters. The monoisotopic (exact) mass is 256 g/mol. The number of anilines is 1. The second kappa shape index (κ2) is 5.49. The van der Waals surface area contributed by atoms with E-state index in [1.165, 1.54) is 11.3 Å². The molecule has 1 N–H and O–H groups in total. The number of hydrogen-bond acceptors (Lipinski definition) is 4. The molecule has 0 saturated carbocycles. The minimum atomic E-state index is -0.879. The van der Waals surface area contributed by atoms with Crippen molar-refractivity contribution in [1.29, 1.82) is 0 Å². The Morgan fingerprint density at radius 2 is 2.00 bits per heavy atom. The van der Waals surface area contributed by atoms with Gasteiger partial charge in [-0.1, -0.05) is 39.0 Å². The highest BCUT2D eigenvalue weighted by atomic mass is 32.1. The number of carboxylic acid groups (broad SMARTS) is 1. The number of nitrogens with zero attached hydrogens (tertiary/aromatic N) is 2. The van der Waals surface area contributed by atoms with Gasteiger partial charge in [0.05, 0.1) is 5.69 Å². The summed E-state index contributed by atoms with van der Waals surface area (Å²) >= 11 is 1.26. The zero-order chi connectivity index (χ0) is 13.2. The molecule has 0 aliphatic rings. The summed E-state index contributed by atoms with van der Waals surface area (Å²) in [6.07, 6.45) is 0. The Labute approximate surface area is 106 Å². The molecule has 0 amide bonds. The third-order valence-corrected chi connectivity index (χ3v) is 3.52. The van der Waals surface area contributed by atoms with Gasteiger partial charge in [-0.15, -0.1) is 0 Å². The summed E-state index contributed by atoms with van der Waals surface area (Å²) in [5.41, 5.74) is 0.688. The first-order chi connectivity index (χ1) is 7.82. The Hall–Kier alpha value is -1.10. The molecule has 0 aliphatic carbocycles. The summed E-state index contributed by atoms with van der Waals surface area (Å²) in [5.74, 6) is -0.214. The van der Waals surface area contributed by atoms with Crippen LogP contribution in [0.2, 0.25) is 0 Å². The lowest BCUT2D eigenvalue weighted by Gasteiger charge is -2.17. The number of aromatic carboxylic acids is 1. The van der Waals surface area contributed by atoms with Crippen LogP contribution in [0, 0.1) is 5.92 Å². The van der Waals surface area contributed by atoms with Crippen LogP contribution >= 0.6 is 11.3 Å². The molecule has 0 radical (unpaired) electrons. The summed E-state index contributed by atoms with van der Waals surface area (Å²) in [7, 11) is 1.95. The molecule has 1 heterocycles. The van der Waals surface area contributed by atoms with Crippen LogP contribution in [0.5, 0.6) is 0 Å². The SMILES string of the molecule is CC(C)CN(C)c1nc(C(C)C)c(C(=O)O)s1. The Morgan fingerprint density at radius 3 is 2.35 bits per heavy atom. The van der Waals surface area contributed by atoms with Gasteiger partial charge in [-0.05, 0) is 11.8 Å². The van der Waals surface area contributed by atoms with E-state index < -0.39 is 5.97 Å². The van der Waals surface area contributed by atoms with Gasteiger partial charge in [0, 0.05) is 13.6 Å². The lowest BCUT2D eigenvalue weighted by molar-refractivity contribution is 0.0700. The van der Waals surface area contributed by atoms with Crippen LogP contribution in [0.3, 0.4) is 0 Å². The Morgan fingerprint density at radius 1 is 1.41 bits per heavy atom. The molecule has 1 aromatic rings. The van der Waals surface area contributed by atoms with Crippen molar-refractivity contribution >= 4 is 22.4 Å². The molecule has 17 heavy (non-hydrogen) atoms. The number of rotatable bonds is 5. The summed E-state index contributed by atoms with van der Waals surface area (Å²) in [5, 5.41) is 9.93. The molecule has 0 bridgehead atoms. The molecule has 1 aromatic heterocycles. The van der Waals surface area contributed by atoms with Gasteiger partial charge >= 0.3 is 5.97 Å². The highest BCUT2D eigenvalue weighted by Gasteiger charge is 2.21. The molecular weight excluding hydrogens is 236 g/mol. The van der Waals surface area contributed by atoms with Gasteiger partial charge in [0.1, 0.15) is 4.88 Å². The molecule has 0 atom stereocenters. The smallest absolute Gasteiger partial charge is 0.347 e. The fourth-order valence-electron chi connectivity index (χ4n) is 1.65. The van der Waals surface area contributed by atoms with Crippen molar-refractivity contribution in [3.8, 4) is 0 Å². The normalized spacial score (nSPS) is 11.2.